The number of unbranched alkanes of at least 4 members (excludes halogenated alkanes) is 2. The number of amides is 2. The van der Waals surface area contributed by atoms with Crippen molar-refractivity contribution >= 4 is 61.9 Å². The molecule has 4 aliphatic rings. The highest BCUT2D eigenvalue weighted by Gasteiger charge is 2.44. The average molecular weight is 834 g/mol. The molecule has 0 unspecified atom stereocenters. The first-order chi connectivity index (χ1) is 28.5. The number of carbonyl (C=O) groups is 3. The molecule has 0 atom stereocenters. The van der Waals surface area contributed by atoms with Crippen LogP contribution in [0.5, 0.6) is 5.75 Å². The van der Waals surface area contributed by atoms with Crippen LogP contribution in [-0.4, -0.2) is 78.4 Å². The zero-order valence-corrected chi connectivity index (χ0v) is 35.8. The molecule has 0 spiro atoms. The van der Waals surface area contributed by atoms with Crippen molar-refractivity contribution < 1.29 is 46.2 Å². The largest absolute Gasteiger partial charge is 0.744 e. The SMILES string of the molecule is COCCN1c2cc3c(cc2C(C)=CC1(C)C)/C(=C/C=C/C1=[N+](CCCCCC(=O)ON2C(=O)CCC2=O)c2ccc(S(=O)(=O)[O-])cc2C1(C)C)C=C(c1ccccc1)O3. The van der Waals surface area contributed by atoms with E-state index >= 15 is 0 Å². The maximum atomic E-state index is 12.4. The van der Waals surface area contributed by atoms with Gasteiger partial charge < -0.3 is 23.8 Å². The molecule has 2 amide bonds. The summed E-state index contributed by atoms with van der Waals surface area (Å²) in [5.74, 6) is -0.224. The van der Waals surface area contributed by atoms with E-state index in [1.807, 2.05) is 62.4 Å². The van der Waals surface area contributed by atoms with Gasteiger partial charge in [-0.05, 0) is 82.9 Å². The van der Waals surface area contributed by atoms with Crippen molar-refractivity contribution in [2.45, 2.75) is 89.0 Å². The number of fused-ring (bicyclic) bond motifs is 3. The molecule has 60 heavy (non-hydrogen) atoms. The molecule has 0 aromatic heterocycles. The molecule has 1 fully saturated rings. The van der Waals surface area contributed by atoms with E-state index in [0.29, 0.717) is 55.3 Å². The first-order valence-corrected chi connectivity index (χ1v) is 21.7. The third-order valence-electron chi connectivity index (χ3n) is 11.6. The quantitative estimate of drug-likeness (QED) is 0.0681. The van der Waals surface area contributed by atoms with Crippen LogP contribution in [-0.2, 0) is 39.5 Å². The first kappa shape index (κ1) is 42.5. The van der Waals surface area contributed by atoms with Gasteiger partial charge in [0, 0.05) is 85.5 Å². The number of hydroxylamine groups is 2. The molecule has 13 heteroatoms. The van der Waals surface area contributed by atoms with Crippen LogP contribution in [0.4, 0.5) is 11.4 Å². The van der Waals surface area contributed by atoms with Gasteiger partial charge in [0.05, 0.1) is 22.5 Å². The van der Waals surface area contributed by atoms with Crippen LogP contribution in [0.15, 0.2) is 95.9 Å². The Balaban J connectivity index is 1.22. The highest BCUT2D eigenvalue weighted by molar-refractivity contribution is 7.85. The fourth-order valence-electron chi connectivity index (χ4n) is 8.57. The molecule has 0 N–H and O–H groups in total. The Bertz CT molecular complexity index is 2500. The number of imide groups is 1. The molecule has 4 aliphatic heterocycles. The molecule has 314 valence electrons. The highest BCUT2D eigenvalue weighted by Crippen LogP contribution is 2.47. The number of carbonyl (C=O) groups excluding carboxylic acids is 3. The normalized spacial score (nSPS) is 18.7. The Kier molecular flexibility index (Phi) is 11.9. The second-order valence-electron chi connectivity index (χ2n) is 16.6. The van der Waals surface area contributed by atoms with Crippen LogP contribution >= 0.6 is 0 Å². The van der Waals surface area contributed by atoms with Crippen LogP contribution in [0.3, 0.4) is 0 Å². The summed E-state index contributed by atoms with van der Waals surface area (Å²) in [6.45, 7) is 12.4. The van der Waals surface area contributed by atoms with Gasteiger partial charge in [0.15, 0.2) is 5.71 Å². The van der Waals surface area contributed by atoms with E-state index in [9.17, 15) is 27.4 Å². The van der Waals surface area contributed by atoms with Gasteiger partial charge in [-0.15, -0.1) is 5.06 Å². The summed E-state index contributed by atoms with van der Waals surface area (Å²) in [5.41, 5.74) is 7.67. The molecule has 1 saturated heterocycles. The Morgan fingerprint density at radius 1 is 0.967 bits per heavy atom. The summed E-state index contributed by atoms with van der Waals surface area (Å²) in [7, 11) is -2.99. The van der Waals surface area contributed by atoms with Crippen molar-refractivity contribution in [3.8, 4) is 5.75 Å². The molecule has 0 bridgehead atoms. The predicted molar refractivity (Wildman–Crippen MR) is 228 cm³/mol. The van der Waals surface area contributed by atoms with Crippen LogP contribution in [0, 0.1) is 0 Å². The molecule has 4 heterocycles. The van der Waals surface area contributed by atoms with Gasteiger partial charge in [0.25, 0.3) is 11.8 Å². The summed E-state index contributed by atoms with van der Waals surface area (Å²) >= 11 is 0. The number of benzene rings is 3. The third-order valence-corrected chi connectivity index (χ3v) is 12.4. The smallest absolute Gasteiger partial charge is 0.333 e. The van der Waals surface area contributed by atoms with E-state index in [-0.39, 0.29) is 29.7 Å². The molecule has 3 aromatic rings. The second kappa shape index (κ2) is 16.8. The van der Waals surface area contributed by atoms with E-state index in [1.165, 1.54) is 17.7 Å². The Morgan fingerprint density at radius 3 is 2.40 bits per heavy atom. The second-order valence-corrected chi connectivity index (χ2v) is 18.0. The van der Waals surface area contributed by atoms with Crippen LogP contribution in [0.2, 0.25) is 0 Å². The lowest BCUT2D eigenvalue weighted by molar-refractivity contribution is -0.438. The lowest BCUT2D eigenvalue weighted by atomic mass is 9.81. The summed E-state index contributed by atoms with van der Waals surface area (Å²) in [6.07, 6.45) is 12.3. The monoisotopic (exact) mass is 833 g/mol. The van der Waals surface area contributed by atoms with Crippen molar-refractivity contribution in [1.82, 2.24) is 5.06 Å². The summed E-state index contributed by atoms with van der Waals surface area (Å²) < 4.78 is 50.7. The standard InChI is InChI=1S/C47H51N3O9S/c1-31-30-46(2,3)49(24-25-57-6)39-29-41-36(28-35(31)39)33(26-40(58-41)32-14-9-7-10-15-32)16-13-17-42-47(4,5)37-27-34(60(54,55)56)19-20-38(37)48(42)23-12-8-11-18-45(53)59-50-43(51)21-22-44(50)52/h7,9-10,13-17,19-20,26-30H,8,11-12,18,21-25H2,1-6H3. The van der Waals surface area contributed by atoms with Gasteiger partial charge in [0.2, 0.25) is 5.69 Å². The number of allylic oxidation sites excluding steroid dienone is 6. The number of hydrogen-bond donors (Lipinski definition) is 0. The fraction of sp³-hybridized carbons (Fsp3) is 0.362. The van der Waals surface area contributed by atoms with E-state index in [0.717, 1.165) is 45.1 Å². The van der Waals surface area contributed by atoms with Crippen LogP contribution < -0.4 is 9.64 Å². The van der Waals surface area contributed by atoms with Gasteiger partial charge in [-0.2, -0.15) is 4.58 Å². The summed E-state index contributed by atoms with van der Waals surface area (Å²) in [5, 5.41) is 0.562. The fourth-order valence-corrected chi connectivity index (χ4v) is 9.07. The van der Waals surface area contributed by atoms with Gasteiger partial charge in [-0.3, -0.25) is 9.59 Å². The van der Waals surface area contributed by atoms with Crippen LogP contribution in [0.25, 0.3) is 16.9 Å². The minimum Gasteiger partial charge on any atom is -0.744 e. The Labute approximate surface area is 351 Å². The average Bonchev–Trinajstić information content (AvgIpc) is 3.62. The van der Waals surface area contributed by atoms with Gasteiger partial charge >= 0.3 is 5.97 Å². The van der Waals surface area contributed by atoms with Crippen molar-refractivity contribution in [1.29, 1.82) is 0 Å². The van der Waals surface area contributed by atoms with Crippen molar-refractivity contribution in [2.75, 3.05) is 31.7 Å². The molecule has 0 radical (unpaired) electrons. The van der Waals surface area contributed by atoms with Gasteiger partial charge in [-0.25, -0.2) is 13.2 Å². The number of anilines is 1. The summed E-state index contributed by atoms with van der Waals surface area (Å²) in [6, 6.07) is 18.8. The number of methoxy groups -OCH3 is 1. The van der Waals surface area contributed by atoms with Gasteiger partial charge in [0.1, 0.15) is 28.2 Å². The van der Waals surface area contributed by atoms with Crippen LogP contribution in [0.1, 0.15) is 95.4 Å². The maximum Gasteiger partial charge on any atom is 0.333 e. The number of rotatable bonds is 14. The van der Waals surface area contributed by atoms with E-state index < -0.39 is 33.3 Å². The third kappa shape index (κ3) is 8.52. The lowest BCUT2D eigenvalue weighted by Crippen LogP contribution is -2.46. The molecule has 3 aromatic carbocycles. The molecular formula is C47H51N3O9S. The summed E-state index contributed by atoms with van der Waals surface area (Å²) in [4.78, 5) is 43.2. The van der Waals surface area contributed by atoms with Gasteiger partial charge in [-0.1, -0.05) is 48.6 Å². The molecule has 7 rings (SSSR count). The molecule has 0 saturated carbocycles. The highest BCUT2D eigenvalue weighted by atomic mass is 32.2. The molecular weight excluding hydrogens is 783 g/mol. The number of nitrogens with zero attached hydrogens (tertiary/aromatic N) is 3. The Hall–Kier alpha value is -5.63. The lowest BCUT2D eigenvalue weighted by Gasteiger charge is -2.43. The maximum absolute atomic E-state index is 12.4. The van der Waals surface area contributed by atoms with Crippen molar-refractivity contribution in [2.24, 2.45) is 0 Å². The molecule has 12 nitrogen and oxygen atoms in total. The minimum absolute atomic E-state index is 0.0335. The first-order valence-electron chi connectivity index (χ1n) is 20.3. The Morgan fingerprint density at radius 2 is 1.70 bits per heavy atom. The minimum atomic E-state index is -4.70. The number of hydrogen-bond acceptors (Lipinski definition) is 10. The topological polar surface area (TPSA) is 146 Å². The van der Waals surface area contributed by atoms with Crippen molar-refractivity contribution in [3.05, 3.63) is 113 Å². The van der Waals surface area contributed by atoms with Crippen molar-refractivity contribution in [3.63, 3.8) is 0 Å². The molecule has 0 aliphatic carbocycles. The number of ether oxygens (including phenoxy) is 2. The van der Waals surface area contributed by atoms with E-state index in [1.54, 1.807) is 13.2 Å². The van der Waals surface area contributed by atoms with E-state index in [4.69, 9.17) is 14.3 Å². The predicted octanol–water partition coefficient (Wildman–Crippen LogP) is 7.86. The zero-order valence-electron chi connectivity index (χ0n) is 34.9. The van der Waals surface area contributed by atoms with E-state index in [2.05, 4.69) is 54.5 Å². The zero-order chi connectivity index (χ0) is 43.0.